The molecule has 4 aromatic rings. The molecule has 140 valence electrons. The van der Waals surface area contributed by atoms with Gasteiger partial charge >= 0.3 is 0 Å². The van der Waals surface area contributed by atoms with E-state index >= 15 is 0 Å². The maximum absolute atomic E-state index is 14.9. The molecule has 28 heavy (non-hydrogen) atoms. The molecular formula is C22H20FN5. The Morgan fingerprint density at radius 1 is 0.929 bits per heavy atom. The second-order valence-corrected chi connectivity index (χ2v) is 6.95. The molecule has 0 aliphatic rings. The molecule has 3 heterocycles. The molecular weight excluding hydrogens is 353 g/mol. The Bertz CT molecular complexity index is 1140. The molecule has 0 saturated carbocycles. The fourth-order valence-corrected chi connectivity index (χ4v) is 3.31. The Hall–Kier alpha value is -3.38. The number of hydrogen-bond acceptors (Lipinski definition) is 5. The van der Waals surface area contributed by atoms with Crippen LogP contribution in [0.15, 0.2) is 61.2 Å². The Morgan fingerprint density at radius 2 is 1.71 bits per heavy atom. The largest absolute Gasteiger partial charge is 0.383 e. The lowest BCUT2D eigenvalue weighted by Crippen LogP contribution is -2.13. The minimum atomic E-state index is -0.366. The molecule has 0 unspecified atom stereocenters. The summed E-state index contributed by atoms with van der Waals surface area (Å²) in [5.41, 5.74) is 10.7. The quantitative estimate of drug-likeness (QED) is 0.582. The van der Waals surface area contributed by atoms with E-state index in [1.165, 1.54) is 6.07 Å². The third-order valence-electron chi connectivity index (χ3n) is 4.61. The molecule has 0 amide bonds. The van der Waals surface area contributed by atoms with Crippen LogP contribution >= 0.6 is 0 Å². The van der Waals surface area contributed by atoms with Crippen LogP contribution in [0.2, 0.25) is 0 Å². The van der Waals surface area contributed by atoms with E-state index in [4.69, 9.17) is 5.73 Å². The van der Waals surface area contributed by atoms with Crippen molar-refractivity contribution in [2.75, 3.05) is 19.8 Å². The van der Waals surface area contributed by atoms with Gasteiger partial charge in [0, 0.05) is 47.8 Å². The van der Waals surface area contributed by atoms with E-state index in [1.807, 2.05) is 49.3 Å². The third-order valence-corrected chi connectivity index (χ3v) is 4.61. The molecule has 0 atom stereocenters. The first-order valence-electron chi connectivity index (χ1n) is 8.91. The highest BCUT2D eigenvalue weighted by molar-refractivity contribution is 5.97. The average Bonchev–Trinajstić information content (AvgIpc) is 2.69. The molecule has 2 N–H and O–H groups in total. The van der Waals surface area contributed by atoms with Crippen molar-refractivity contribution < 1.29 is 4.39 Å². The smallest absolute Gasteiger partial charge is 0.150 e. The lowest BCUT2D eigenvalue weighted by molar-refractivity contribution is 0.403. The molecule has 4 rings (SSSR count). The van der Waals surface area contributed by atoms with Crippen molar-refractivity contribution in [2.45, 2.75) is 6.54 Å². The molecule has 0 bridgehead atoms. The first kappa shape index (κ1) is 18.0. The molecule has 0 radical (unpaired) electrons. The second kappa shape index (κ2) is 7.32. The van der Waals surface area contributed by atoms with Crippen molar-refractivity contribution in [3.8, 4) is 22.3 Å². The maximum Gasteiger partial charge on any atom is 0.150 e. The van der Waals surface area contributed by atoms with Crippen molar-refractivity contribution >= 4 is 16.7 Å². The highest BCUT2D eigenvalue weighted by Crippen LogP contribution is 2.33. The van der Waals surface area contributed by atoms with Gasteiger partial charge in [0.15, 0.2) is 0 Å². The number of pyridine rings is 3. The summed E-state index contributed by atoms with van der Waals surface area (Å²) in [5.74, 6) is 0.118. The number of aromatic nitrogens is 3. The summed E-state index contributed by atoms with van der Waals surface area (Å²) in [6.07, 6.45) is 6.75. The predicted octanol–water partition coefficient (Wildman–Crippen LogP) is 4.14. The second-order valence-electron chi connectivity index (χ2n) is 6.95. The lowest BCUT2D eigenvalue weighted by atomic mass is 9.97. The van der Waals surface area contributed by atoms with Crippen LogP contribution in [0.4, 0.5) is 10.2 Å². The summed E-state index contributed by atoms with van der Waals surface area (Å²) in [6.45, 7) is 0.659. The Morgan fingerprint density at radius 3 is 2.46 bits per heavy atom. The number of nitrogen functional groups attached to an aromatic ring is 1. The van der Waals surface area contributed by atoms with Crippen molar-refractivity contribution in [3.05, 3.63) is 72.6 Å². The fraction of sp³-hybridized carbons (Fsp3) is 0.136. The van der Waals surface area contributed by atoms with Gasteiger partial charge in [0.2, 0.25) is 0 Å². The number of benzene rings is 1. The van der Waals surface area contributed by atoms with Gasteiger partial charge in [0.1, 0.15) is 17.2 Å². The van der Waals surface area contributed by atoms with Crippen LogP contribution in [0.3, 0.4) is 0 Å². The summed E-state index contributed by atoms with van der Waals surface area (Å²) >= 11 is 0. The number of fused-ring (bicyclic) bond motifs is 1. The molecule has 0 aliphatic heterocycles. The van der Waals surface area contributed by atoms with Gasteiger partial charge < -0.3 is 10.6 Å². The van der Waals surface area contributed by atoms with Gasteiger partial charge in [-0.05, 0) is 67.2 Å². The number of rotatable bonds is 4. The minimum Gasteiger partial charge on any atom is -0.383 e. The summed E-state index contributed by atoms with van der Waals surface area (Å²) in [5, 5.41) is 0.745. The Balaban J connectivity index is 1.90. The van der Waals surface area contributed by atoms with Crippen molar-refractivity contribution in [1.29, 1.82) is 0 Å². The van der Waals surface area contributed by atoms with Crippen LogP contribution in [-0.2, 0) is 6.54 Å². The lowest BCUT2D eigenvalue weighted by Gasteiger charge is -2.14. The van der Waals surface area contributed by atoms with Gasteiger partial charge in [0.05, 0.1) is 0 Å². The highest BCUT2D eigenvalue weighted by atomic mass is 19.1. The van der Waals surface area contributed by atoms with Crippen LogP contribution in [0.5, 0.6) is 0 Å². The standard InChI is InChI=1S/C22H20FN5/c1-28(2)13-17-9-16(12-27-22(17)24)15-10-19-18(14-3-6-25-7-4-14)5-8-26-21(19)20(23)11-15/h3-12H,13H2,1-2H3,(H2,24,27). The topological polar surface area (TPSA) is 67.9 Å². The van der Waals surface area contributed by atoms with E-state index in [1.54, 1.807) is 24.8 Å². The zero-order chi connectivity index (χ0) is 19.7. The first-order valence-corrected chi connectivity index (χ1v) is 8.91. The van der Waals surface area contributed by atoms with Crippen LogP contribution in [0.25, 0.3) is 33.2 Å². The Kier molecular flexibility index (Phi) is 4.71. The van der Waals surface area contributed by atoms with Crippen LogP contribution in [-0.4, -0.2) is 33.9 Å². The molecule has 0 spiro atoms. The SMILES string of the molecule is CN(C)Cc1cc(-c2cc(F)c3nccc(-c4ccncc4)c3c2)cnc1N. The van der Waals surface area contributed by atoms with E-state index in [0.29, 0.717) is 17.9 Å². The highest BCUT2D eigenvalue weighted by Gasteiger charge is 2.13. The average molecular weight is 373 g/mol. The van der Waals surface area contributed by atoms with Gasteiger partial charge in [-0.3, -0.25) is 9.97 Å². The van der Waals surface area contributed by atoms with Crippen LogP contribution in [0.1, 0.15) is 5.56 Å². The molecule has 0 saturated heterocycles. The van der Waals surface area contributed by atoms with Crippen molar-refractivity contribution in [3.63, 3.8) is 0 Å². The maximum atomic E-state index is 14.9. The van der Waals surface area contributed by atoms with E-state index in [2.05, 4.69) is 15.0 Å². The zero-order valence-corrected chi connectivity index (χ0v) is 15.7. The number of halogens is 1. The normalized spacial score (nSPS) is 11.3. The van der Waals surface area contributed by atoms with Gasteiger partial charge in [-0.15, -0.1) is 0 Å². The minimum absolute atomic E-state index is 0.343. The monoisotopic (exact) mass is 373 g/mol. The van der Waals surface area contributed by atoms with E-state index in [0.717, 1.165) is 33.2 Å². The zero-order valence-electron chi connectivity index (χ0n) is 15.7. The van der Waals surface area contributed by atoms with Gasteiger partial charge in [-0.25, -0.2) is 9.37 Å². The van der Waals surface area contributed by atoms with Crippen molar-refractivity contribution in [1.82, 2.24) is 19.9 Å². The molecule has 1 aromatic carbocycles. The third kappa shape index (κ3) is 3.42. The van der Waals surface area contributed by atoms with Gasteiger partial charge in [-0.1, -0.05) is 0 Å². The summed E-state index contributed by atoms with van der Waals surface area (Å²) in [4.78, 5) is 14.6. The first-order chi connectivity index (χ1) is 13.5. The molecule has 0 aliphatic carbocycles. The summed E-state index contributed by atoms with van der Waals surface area (Å²) in [6, 6.07) is 11.1. The molecule has 0 fully saturated rings. The number of anilines is 1. The van der Waals surface area contributed by atoms with E-state index in [-0.39, 0.29) is 5.82 Å². The predicted molar refractivity (Wildman–Crippen MR) is 110 cm³/mol. The molecule has 3 aromatic heterocycles. The van der Waals surface area contributed by atoms with Crippen molar-refractivity contribution in [2.24, 2.45) is 0 Å². The van der Waals surface area contributed by atoms with Gasteiger partial charge in [-0.2, -0.15) is 0 Å². The summed E-state index contributed by atoms with van der Waals surface area (Å²) < 4.78 is 14.9. The van der Waals surface area contributed by atoms with Crippen LogP contribution < -0.4 is 5.73 Å². The number of hydrogen-bond donors (Lipinski definition) is 1. The molecule has 5 nitrogen and oxygen atoms in total. The number of nitrogens with zero attached hydrogens (tertiary/aromatic N) is 4. The number of nitrogens with two attached hydrogens (primary N) is 1. The van der Waals surface area contributed by atoms with Gasteiger partial charge in [0.25, 0.3) is 0 Å². The summed E-state index contributed by atoms with van der Waals surface area (Å²) in [7, 11) is 3.93. The molecule has 6 heteroatoms. The Labute approximate surface area is 162 Å². The van der Waals surface area contributed by atoms with Crippen LogP contribution in [0, 0.1) is 5.82 Å². The fourth-order valence-electron chi connectivity index (χ4n) is 3.31. The van der Waals surface area contributed by atoms with E-state index < -0.39 is 0 Å². The van der Waals surface area contributed by atoms with E-state index in [9.17, 15) is 4.39 Å².